The number of carbonyl (C=O) groups is 2. The van der Waals surface area contributed by atoms with E-state index in [-0.39, 0.29) is 10.8 Å². The predicted molar refractivity (Wildman–Crippen MR) is 119 cm³/mol. The smallest absolute Gasteiger partial charge is 0.264 e. The van der Waals surface area contributed by atoms with E-state index in [1.165, 1.54) is 36.0 Å². The van der Waals surface area contributed by atoms with E-state index < -0.39 is 21.2 Å². The highest BCUT2D eigenvalue weighted by molar-refractivity contribution is 8.00. The fourth-order valence-electron chi connectivity index (χ4n) is 2.58. The molecule has 0 aliphatic heterocycles. The summed E-state index contributed by atoms with van der Waals surface area (Å²) in [7, 11) is -3.94. The highest BCUT2D eigenvalue weighted by Gasteiger charge is 2.19. The number of anilines is 1. The van der Waals surface area contributed by atoms with Gasteiger partial charge in [0.05, 0.1) is 15.7 Å². The lowest BCUT2D eigenvalue weighted by Gasteiger charge is -2.13. The van der Waals surface area contributed by atoms with Gasteiger partial charge in [0, 0.05) is 18.3 Å². The van der Waals surface area contributed by atoms with E-state index in [0.717, 1.165) is 31.9 Å². The Balaban J connectivity index is 2.08. The first-order valence-electron chi connectivity index (χ1n) is 9.67. The number of sulfonamides is 1. The highest BCUT2D eigenvalue weighted by atomic mass is 32.2. The predicted octanol–water partition coefficient (Wildman–Crippen LogP) is 3.24. The molecule has 8 nitrogen and oxygen atoms in total. The Hall–Kier alpha value is -2.90. The largest absolute Gasteiger partial charge is 0.325 e. The minimum absolute atomic E-state index is 0.0881. The van der Waals surface area contributed by atoms with Crippen molar-refractivity contribution in [3.05, 3.63) is 47.7 Å². The number of aryl methyl sites for hydroxylation is 1. The molecule has 1 unspecified atom stereocenters. The number of aromatic nitrogens is 1. The highest BCUT2D eigenvalue weighted by Crippen LogP contribution is 2.26. The second-order valence-electron chi connectivity index (χ2n) is 6.81. The van der Waals surface area contributed by atoms with Gasteiger partial charge in [-0.1, -0.05) is 25.1 Å². The van der Waals surface area contributed by atoms with E-state index in [0.29, 0.717) is 16.3 Å². The molecule has 2 amide bonds. The van der Waals surface area contributed by atoms with Crippen LogP contribution in [0.5, 0.6) is 0 Å². The summed E-state index contributed by atoms with van der Waals surface area (Å²) in [4.78, 5) is 28.0. The maximum atomic E-state index is 12.6. The number of unbranched alkanes of at least 4 members (excludes halogenated alkanes) is 1. The van der Waals surface area contributed by atoms with Gasteiger partial charge in [0.1, 0.15) is 11.1 Å². The zero-order valence-electron chi connectivity index (χ0n) is 17.5. The van der Waals surface area contributed by atoms with E-state index in [1.54, 1.807) is 13.0 Å². The second kappa shape index (κ2) is 10.9. The molecular weight excluding hydrogens is 436 g/mol. The molecule has 1 atom stereocenters. The third kappa shape index (κ3) is 7.08. The van der Waals surface area contributed by atoms with Crippen LogP contribution in [0.1, 0.15) is 44.9 Å². The van der Waals surface area contributed by atoms with Crippen LogP contribution >= 0.6 is 11.8 Å². The fourth-order valence-corrected chi connectivity index (χ4v) is 4.48. The lowest BCUT2D eigenvalue weighted by Crippen LogP contribution is -2.28. The maximum absolute atomic E-state index is 12.6. The second-order valence-corrected chi connectivity index (χ2v) is 9.82. The van der Waals surface area contributed by atoms with E-state index >= 15 is 0 Å². The number of thioether (sulfide) groups is 1. The van der Waals surface area contributed by atoms with Gasteiger partial charge in [0.2, 0.25) is 11.8 Å². The minimum atomic E-state index is -3.94. The number of nitriles is 1. The van der Waals surface area contributed by atoms with Crippen LogP contribution in [0.15, 0.2) is 46.3 Å². The standard InChI is InChI=1S/C21H24N4O4S2/c1-4-5-6-17-8-7-16(13-22)21(24-17)30-14(2)20(27)23-18-9-11-19(12-10-18)31(28,29)25-15(3)26/h7-12,14H,4-6H2,1-3H3,(H,23,27)(H,25,26). The number of benzene rings is 1. The summed E-state index contributed by atoms with van der Waals surface area (Å²) in [6.07, 6.45) is 2.84. The number of amides is 2. The van der Waals surface area contributed by atoms with Gasteiger partial charge < -0.3 is 5.32 Å². The topological polar surface area (TPSA) is 129 Å². The Morgan fingerprint density at radius 3 is 2.45 bits per heavy atom. The molecule has 0 radical (unpaired) electrons. The molecule has 0 spiro atoms. The quantitative estimate of drug-likeness (QED) is 0.550. The van der Waals surface area contributed by atoms with E-state index in [9.17, 15) is 23.3 Å². The van der Waals surface area contributed by atoms with Crippen LogP contribution in [0.4, 0.5) is 5.69 Å². The summed E-state index contributed by atoms with van der Waals surface area (Å²) in [5.74, 6) is -1.00. The lowest BCUT2D eigenvalue weighted by atomic mass is 10.2. The molecule has 0 fully saturated rings. The Kier molecular flexibility index (Phi) is 8.59. The number of nitrogens with one attached hydrogen (secondary N) is 2. The van der Waals surface area contributed by atoms with Crippen molar-refractivity contribution < 1.29 is 18.0 Å². The molecule has 0 saturated heterocycles. The van der Waals surface area contributed by atoms with Crippen LogP contribution in [-0.2, 0) is 26.0 Å². The molecular formula is C21H24N4O4S2. The molecule has 164 valence electrons. The third-order valence-electron chi connectivity index (χ3n) is 4.19. The first kappa shape index (κ1) is 24.4. The lowest BCUT2D eigenvalue weighted by molar-refractivity contribution is -0.117. The van der Waals surface area contributed by atoms with Crippen LogP contribution in [0.2, 0.25) is 0 Å². The van der Waals surface area contributed by atoms with Crippen molar-refractivity contribution in [3.8, 4) is 6.07 Å². The summed E-state index contributed by atoms with van der Waals surface area (Å²) in [5.41, 5.74) is 1.70. The van der Waals surface area contributed by atoms with Crippen molar-refractivity contribution in [2.75, 3.05) is 5.32 Å². The van der Waals surface area contributed by atoms with Crippen LogP contribution < -0.4 is 10.0 Å². The van der Waals surface area contributed by atoms with E-state index in [4.69, 9.17) is 0 Å². The van der Waals surface area contributed by atoms with Gasteiger partial charge in [-0.2, -0.15) is 5.26 Å². The summed E-state index contributed by atoms with van der Waals surface area (Å²) < 4.78 is 25.8. The van der Waals surface area contributed by atoms with Gasteiger partial charge in [-0.25, -0.2) is 18.1 Å². The van der Waals surface area contributed by atoms with Gasteiger partial charge in [-0.15, -0.1) is 0 Å². The summed E-state index contributed by atoms with van der Waals surface area (Å²) >= 11 is 1.19. The minimum Gasteiger partial charge on any atom is -0.325 e. The molecule has 2 aromatic rings. The first-order valence-corrected chi connectivity index (χ1v) is 12.0. The van der Waals surface area contributed by atoms with Gasteiger partial charge in [-0.05, 0) is 56.2 Å². The average Bonchev–Trinajstić information content (AvgIpc) is 2.71. The van der Waals surface area contributed by atoms with Gasteiger partial charge in [0.15, 0.2) is 0 Å². The van der Waals surface area contributed by atoms with Crippen molar-refractivity contribution in [1.82, 2.24) is 9.71 Å². The van der Waals surface area contributed by atoms with Gasteiger partial charge >= 0.3 is 0 Å². The summed E-state index contributed by atoms with van der Waals surface area (Å²) in [5, 5.41) is 12.0. The molecule has 31 heavy (non-hydrogen) atoms. The van der Waals surface area contributed by atoms with Crippen molar-refractivity contribution in [1.29, 1.82) is 5.26 Å². The van der Waals surface area contributed by atoms with Crippen LogP contribution in [0.25, 0.3) is 0 Å². The van der Waals surface area contributed by atoms with Crippen LogP contribution in [0.3, 0.4) is 0 Å². The fraction of sp³-hybridized carbons (Fsp3) is 0.333. The van der Waals surface area contributed by atoms with Crippen molar-refractivity contribution in [2.45, 2.75) is 55.2 Å². The average molecular weight is 461 g/mol. The van der Waals surface area contributed by atoms with Crippen molar-refractivity contribution in [2.24, 2.45) is 0 Å². The summed E-state index contributed by atoms with van der Waals surface area (Å²) in [6.45, 7) is 4.90. The zero-order chi connectivity index (χ0) is 23.0. The normalized spacial score (nSPS) is 11.9. The Labute approximate surface area is 186 Å². The van der Waals surface area contributed by atoms with Crippen LogP contribution in [0, 0.1) is 11.3 Å². The SMILES string of the molecule is CCCCc1ccc(C#N)c(SC(C)C(=O)Nc2ccc(S(=O)(=O)NC(C)=O)cc2)n1. The number of carbonyl (C=O) groups excluding carboxylic acids is 2. The monoisotopic (exact) mass is 460 g/mol. The molecule has 0 bridgehead atoms. The van der Waals surface area contributed by atoms with Crippen LogP contribution in [-0.4, -0.2) is 30.5 Å². The van der Waals surface area contributed by atoms with Crippen molar-refractivity contribution >= 4 is 39.3 Å². The molecule has 1 aromatic heterocycles. The van der Waals surface area contributed by atoms with E-state index in [1.807, 2.05) is 10.8 Å². The maximum Gasteiger partial charge on any atom is 0.264 e. The number of nitrogens with zero attached hydrogens (tertiary/aromatic N) is 2. The summed E-state index contributed by atoms with van der Waals surface area (Å²) in [6, 6.07) is 11.1. The number of hydrogen-bond donors (Lipinski definition) is 2. The molecule has 2 N–H and O–H groups in total. The molecule has 0 saturated carbocycles. The molecule has 10 heteroatoms. The van der Waals surface area contributed by atoms with Crippen molar-refractivity contribution in [3.63, 3.8) is 0 Å². The third-order valence-corrected chi connectivity index (χ3v) is 6.74. The van der Waals surface area contributed by atoms with E-state index in [2.05, 4.69) is 23.3 Å². The number of rotatable bonds is 9. The zero-order valence-corrected chi connectivity index (χ0v) is 19.1. The number of hydrogen-bond acceptors (Lipinski definition) is 7. The van der Waals surface area contributed by atoms with Gasteiger partial charge in [-0.3, -0.25) is 9.59 Å². The molecule has 2 rings (SSSR count). The number of pyridine rings is 1. The Morgan fingerprint density at radius 2 is 1.87 bits per heavy atom. The Morgan fingerprint density at radius 1 is 1.19 bits per heavy atom. The molecule has 0 aliphatic rings. The molecule has 1 aromatic carbocycles. The van der Waals surface area contributed by atoms with Gasteiger partial charge in [0.25, 0.3) is 10.0 Å². The molecule has 1 heterocycles. The molecule has 0 aliphatic carbocycles. The Bertz CT molecular complexity index is 1090. The first-order chi connectivity index (χ1) is 14.7.